The Labute approximate surface area is 177 Å². The largest absolute Gasteiger partial charge is 0.481 e. The van der Waals surface area contributed by atoms with Crippen molar-refractivity contribution in [1.82, 2.24) is 14.6 Å². The number of H-pyrrole nitrogens is 1. The molecule has 0 aliphatic carbocycles. The monoisotopic (exact) mass is 441 g/mol. The molecule has 0 unspecified atom stereocenters. The molecule has 0 spiro atoms. The van der Waals surface area contributed by atoms with E-state index >= 15 is 0 Å². The first-order chi connectivity index (χ1) is 14.1. The highest BCUT2D eigenvalue weighted by molar-refractivity contribution is 7.88. The number of hydrogen-bond acceptors (Lipinski definition) is 6. The van der Waals surface area contributed by atoms with Gasteiger partial charge in [0.1, 0.15) is 0 Å². The zero-order valence-electron chi connectivity index (χ0n) is 17.9. The number of esters is 1. The Morgan fingerprint density at radius 1 is 1.23 bits per heavy atom. The van der Waals surface area contributed by atoms with Crippen molar-refractivity contribution in [2.24, 2.45) is 0 Å². The first-order valence-electron chi connectivity index (χ1n) is 9.60. The van der Waals surface area contributed by atoms with E-state index in [9.17, 15) is 18.0 Å². The molecule has 0 saturated carbocycles. The van der Waals surface area contributed by atoms with Gasteiger partial charge in [-0.1, -0.05) is 6.07 Å². The van der Waals surface area contributed by atoms with E-state index in [1.807, 2.05) is 38.5 Å². The number of nitrogens with one attached hydrogen (secondary N) is 2. The number of aromatic amines is 1. The van der Waals surface area contributed by atoms with Gasteiger partial charge in [-0.05, 0) is 57.7 Å². The number of benzene rings is 1. The third-order valence-electron chi connectivity index (χ3n) is 4.18. The van der Waals surface area contributed by atoms with Crippen molar-refractivity contribution in [3.63, 3.8) is 0 Å². The molecule has 9 nitrogen and oxygen atoms in total. The van der Waals surface area contributed by atoms with Crippen LogP contribution in [0.15, 0.2) is 24.4 Å². The van der Waals surface area contributed by atoms with Gasteiger partial charge in [-0.25, -0.2) is 13.1 Å². The molecular weight excluding hydrogens is 410 g/mol. The number of rotatable bonds is 10. The van der Waals surface area contributed by atoms with Crippen molar-refractivity contribution in [2.75, 3.05) is 34.3 Å². The number of fused-ring (bicyclic) bond motifs is 1. The van der Waals surface area contributed by atoms with E-state index in [1.54, 1.807) is 6.92 Å². The summed E-state index contributed by atoms with van der Waals surface area (Å²) in [4.78, 5) is 25.7. The topological polar surface area (TPSA) is 129 Å². The van der Waals surface area contributed by atoms with Crippen molar-refractivity contribution < 1.29 is 27.9 Å². The van der Waals surface area contributed by atoms with E-state index in [-0.39, 0.29) is 18.6 Å². The number of ether oxygens (including phenoxy) is 1. The number of carboxylic acids is 1. The van der Waals surface area contributed by atoms with Crippen LogP contribution in [0.25, 0.3) is 10.9 Å². The average molecular weight is 442 g/mol. The average Bonchev–Trinajstić information content (AvgIpc) is 3.07. The molecule has 2 aromatic rings. The van der Waals surface area contributed by atoms with E-state index in [1.165, 1.54) is 12.6 Å². The van der Waals surface area contributed by atoms with Crippen molar-refractivity contribution >= 4 is 32.9 Å². The fraction of sp³-hybridized carbons (Fsp3) is 0.500. The number of carbonyl (C=O) groups is 2. The van der Waals surface area contributed by atoms with E-state index in [2.05, 4.69) is 19.3 Å². The van der Waals surface area contributed by atoms with Crippen LogP contribution in [0.3, 0.4) is 0 Å². The predicted octanol–water partition coefficient (Wildman–Crippen LogP) is 1.74. The number of aliphatic carboxylic acids is 1. The molecule has 30 heavy (non-hydrogen) atoms. The summed E-state index contributed by atoms with van der Waals surface area (Å²) in [5.74, 6) is -1.42. The van der Waals surface area contributed by atoms with Gasteiger partial charge in [-0.15, -0.1) is 0 Å². The molecule has 0 bridgehead atoms. The van der Waals surface area contributed by atoms with Crippen LogP contribution in [0.5, 0.6) is 0 Å². The smallest absolute Gasteiger partial charge is 0.306 e. The first-order valence-corrected chi connectivity index (χ1v) is 11.3. The summed E-state index contributed by atoms with van der Waals surface area (Å²) < 4.78 is 30.1. The Balaban J connectivity index is 0.000000382. The Bertz CT molecular complexity index is 937. The lowest BCUT2D eigenvalue weighted by atomic mass is 10.1. The molecule has 1 aromatic heterocycles. The second-order valence-corrected chi connectivity index (χ2v) is 8.84. The van der Waals surface area contributed by atoms with Crippen molar-refractivity contribution in [2.45, 2.75) is 31.9 Å². The molecule has 168 valence electrons. The van der Waals surface area contributed by atoms with Crippen LogP contribution < -0.4 is 4.72 Å². The molecule has 0 amide bonds. The molecule has 0 saturated heterocycles. The van der Waals surface area contributed by atoms with Gasteiger partial charge < -0.3 is 19.7 Å². The van der Waals surface area contributed by atoms with Crippen LogP contribution in [0.1, 0.15) is 30.9 Å². The molecule has 3 N–H and O–H groups in total. The summed E-state index contributed by atoms with van der Waals surface area (Å²) in [6.07, 6.45) is 2.75. The molecule has 0 radical (unpaired) electrons. The van der Waals surface area contributed by atoms with Crippen LogP contribution in [0, 0.1) is 0 Å². The third kappa shape index (κ3) is 9.38. The van der Waals surface area contributed by atoms with Crippen molar-refractivity contribution in [3.05, 3.63) is 35.5 Å². The SMILES string of the molecule is CCOC(=O)CCC(=O)O.CNS(=O)(=O)Cc1ccc2[nH]cc(CCN(C)C)c2c1. The van der Waals surface area contributed by atoms with E-state index in [0.717, 1.165) is 29.4 Å². The van der Waals surface area contributed by atoms with Crippen molar-refractivity contribution in [3.8, 4) is 0 Å². The molecule has 1 aromatic carbocycles. The quantitative estimate of drug-likeness (QED) is 0.479. The molecular formula is C20H31N3O6S. The van der Waals surface area contributed by atoms with Crippen molar-refractivity contribution in [1.29, 1.82) is 0 Å². The van der Waals surface area contributed by atoms with E-state index in [0.29, 0.717) is 6.61 Å². The summed E-state index contributed by atoms with van der Waals surface area (Å²) >= 11 is 0. The minimum Gasteiger partial charge on any atom is -0.481 e. The van der Waals surface area contributed by atoms with Crippen LogP contribution in [-0.4, -0.2) is 69.6 Å². The normalized spacial score (nSPS) is 11.2. The Kier molecular flexibility index (Phi) is 10.5. The first kappa shape index (κ1) is 25.6. The summed E-state index contributed by atoms with van der Waals surface area (Å²) in [5.41, 5.74) is 3.07. The fourth-order valence-electron chi connectivity index (χ4n) is 2.60. The number of hydrogen-bond donors (Lipinski definition) is 3. The summed E-state index contributed by atoms with van der Waals surface area (Å²) in [5, 5.41) is 9.23. The predicted molar refractivity (Wildman–Crippen MR) is 116 cm³/mol. The van der Waals surface area contributed by atoms with Crippen LogP contribution in [-0.2, 0) is 36.5 Å². The number of aromatic nitrogens is 1. The number of carbonyl (C=O) groups excluding carboxylic acids is 1. The van der Waals surface area contributed by atoms with Gasteiger partial charge in [-0.3, -0.25) is 9.59 Å². The Morgan fingerprint density at radius 2 is 1.93 bits per heavy atom. The molecule has 0 atom stereocenters. The Hall–Kier alpha value is -2.43. The zero-order chi connectivity index (χ0) is 22.7. The highest BCUT2D eigenvalue weighted by atomic mass is 32.2. The number of likely N-dealkylation sites (N-methyl/N-ethyl adjacent to an activating group) is 1. The summed E-state index contributed by atoms with van der Waals surface area (Å²) in [7, 11) is 2.29. The molecule has 0 aliphatic heterocycles. The molecule has 0 fully saturated rings. The van der Waals surface area contributed by atoms with Gasteiger partial charge in [0.15, 0.2) is 0 Å². The minimum atomic E-state index is -3.23. The van der Waals surface area contributed by atoms with E-state index in [4.69, 9.17) is 5.11 Å². The van der Waals surface area contributed by atoms with Gasteiger partial charge in [0.25, 0.3) is 0 Å². The van der Waals surface area contributed by atoms with Gasteiger partial charge in [0.05, 0.1) is 25.2 Å². The lowest BCUT2D eigenvalue weighted by Gasteiger charge is -2.08. The highest BCUT2D eigenvalue weighted by Gasteiger charge is 2.11. The third-order valence-corrected chi connectivity index (χ3v) is 5.51. The summed E-state index contributed by atoms with van der Waals surface area (Å²) in [6, 6.07) is 5.75. The maximum absolute atomic E-state index is 11.6. The summed E-state index contributed by atoms with van der Waals surface area (Å²) in [6.45, 7) is 2.95. The van der Waals surface area contributed by atoms with Gasteiger partial charge in [0.2, 0.25) is 10.0 Å². The second-order valence-electron chi connectivity index (χ2n) is 6.91. The van der Waals surface area contributed by atoms with Crippen LogP contribution in [0.4, 0.5) is 0 Å². The standard InChI is InChI=1S/C14H21N3O2S.C6H10O4/c1-15-20(18,19)10-11-4-5-14-13(8-11)12(9-16-14)6-7-17(2)3;1-2-10-6(9)4-3-5(7)8/h4-5,8-9,15-16H,6-7,10H2,1-3H3;2-4H2,1H3,(H,7,8). The Morgan fingerprint density at radius 3 is 2.50 bits per heavy atom. The zero-order valence-corrected chi connectivity index (χ0v) is 18.7. The molecule has 2 rings (SSSR count). The van der Waals surface area contributed by atoms with Gasteiger partial charge >= 0.3 is 11.9 Å². The van der Waals surface area contributed by atoms with E-state index < -0.39 is 22.0 Å². The number of carboxylic acid groups (broad SMARTS) is 1. The van der Waals surface area contributed by atoms with Gasteiger partial charge in [0, 0.05) is 23.6 Å². The highest BCUT2D eigenvalue weighted by Crippen LogP contribution is 2.21. The lowest BCUT2D eigenvalue weighted by Crippen LogP contribution is -2.20. The molecule has 1 heterocycles. The maximum atomic E-state index is 11.6. The van der Waals surface area contributed by atoms with Crippen LogP contribution in [0.2, 0.25) is 0 Å². The minimum absolute atomic E-state index is 0.0116. The number of nitrogens with zero attached hydrogens (tertiary/aromatic N) is 1. The van der Waals surface area contributed by atoms with Crippen LogP contribution >= 0.6 is 0 Å². The fourth-order valence-corrected chi connectivity index (χ4v) is 3.36. The van der Waals surface area contributed by atoms with Gasteiger partial charge in [-0.2, -0.15) is 0 Å². The molecule has 0 aliphatic rings. The lowest BCUT2D eigenvalue weighted by molar-refractivity contribution is -0.147. The maximum Gasteiger partial charge on any atom is 0.306 e. The second kappa shape index (κ2) is 12.3. The molecule has 10 heteroatoms. The number of sulfonamides is 1.